The minimum atomic E-state index is -4.64. The largest absolute Gasteiger partial charge is 0.418 e. The first-order chi connectivity index (χ1) is 11.8. The number of aromatic amines is 1. The minimum absolute atomic E-state index is 0.0899. The van der Waals surface area contributed by atoms with Crippen LogP contribution in [-0.2, 0) is 10.9 Å². The quantitative estimate of drug-likeness (QED) is 0.877. The van der Waals surface area contributed by atoms with Gasteiger partial charge < -0.3 is 10.1 Å². The second-order valence-electron chi connectivity index (χ2n) is 5.71. The standard InChI is InChI=1S/C15H16F3N5O2/c1-8-21-13(23-22-8)11-5-4-9(25-11)7-20-14(24)12-10(15(16,17)18)3-2-6-19-12/h2-3,6,9,11H,4-5,7H2,1H3,(H,20,24)(H,21,22,23)/t9-,11+/m1/s1. The fourth-order valence-electron chi connectivity index (χ4n) is 2.66. The molecule has 134 valence electrons. The lowest BCUT2D eigenvalue weighted by molar-refractivity contribution is -0.138. The van der Waals surface area contributed by atoms with E-state index < -0.39 is 23.3 Å². The summed E-state index contributed by atoms with van der Waals surface area (Å²) in [6, 6.07) is 1.97. The van der Waals surface area contributed by atoms with Gasteiger partial charge >= 0.3 is 6.18 Å². The van der Waals surface area contributed by atoms with Crippen molar-refractivity contribution in [1.29, 1.82) is 0 Å². The highest BCUT2D eigenvalue weighted by Crippen LogP contribution is 2.32. The fourth-order valence-corrected chi connectivity index (χ4v) is 2.66. The molecule has 0 radical (unpaired) electrons. The Morgan fingerprint density at radius 2 is 2.24 bits per heavy atom. The van der Waals surface area contributed by atoms with Crippen molar-refractivity contribution in [3.8, 4) is 0 Å². The number of rotatable bonds is 4. The third-order valence-corrected chi connectivity index (χ3v) is 3.83. The van der Waals surface area contributed by atoms with Crippen LogP contribution in [0.3, 0.4) is 0 Å². The zero-order valence-electron chi connectivity index (χ0n) is 13.3. The molecule has 2 aromatic rings. The minimum Gasteiger partial charge on any atom is -0.365 e. The van der Waals surface area contributed by atoms with E-state index in [-0.39, 0.29) is 18.8 Å². The first-order valence-electron chi connectivity index (χ1n) is 7.69. The van der Waals surface area contributed by atoms with Gasteiger partial charge in [0.25, 0.3) is 5.91 Å². The van der Waals surface area contributed by atoms with Crippen LogP contribution in [0.25, 0.3) is 0 Å². The van der Waals surface area contributed by atoms with E-state index >= 15 is 0 Å². The molecule has 25 heavy (non-hydrogen) atoms. The summed E-state index contributed by atoms with van der Waals surface area (Å²) in [5.74, 6) is 0.328. The molecule has 2 N–H and O–H groups in total. The zero-order valence-corrected chi connectivity index (χ0v) is 13.3. The second-order valence-corrected chi connectivity index (χ2v) is 5.71. The monoisotopic (exact) mass is 355 g/mol. The SMILES string of the molecule is Cc1nc([C@@H]2CC[C@H](CNC(=O)c3ncccc3C(F)(F)F)O2)n[nH]1. The predicted molar refractivity (Wildman–Crippen MR) is 79.5 cm³/mol. The number of nitrogens with zero attached hydrogens (tertiary/aromatic N) is 3. The van der Waals surface area contributed by atoms with Crippen LogP contribution in [0, 0.1) is 6.92 Å². The Bertz CT molecular complexity index is 762. The maximum Gasteiger partial charge on any atom is 0.418 e. The van der Waals surface area contributed by atoms with Gasteiger partial charge in [-0.1, -0.05) is 0 Å². The maximum atomic E-state index is 12.9. The van der Waals surface area contributed by atoms with Crippen molar-refractivity contribution < 1.29 is 22.7 Å². The van der Waals surface area contributed by atoms with Crippen molar-refractivity contribution in [2.45, 2.75) is 38.1 Å². The molecular formula is C15H16F3N5O2. The molecule has 1 aliphatic rings. The molecule has 0 unspecified atom stereocenters. The van der Waals surface area contributed by atoms with Gasteiger partial charge in [0.05, 0.1) is 11.7 Å². The Hall–Kier alpha value is -2.49. The summed E-state index contributed by atoms with van der Waals surface area (Å²) in [6.07, 6.45) is -2.77. The first kappa shape index (κ1) is 17.3. The lowest BCUT2D eigenvalue weighted by atomic mass is 10.1. The smallest absolute Gasteiger partial charge is 0.365 e. The van der Waals surface area contributed by atoms with Gasteiger partial charge in [-0.15, -0.1) is 0 Å². The van der Waals surface area contributed by atoms with Crippen molar-refractivity contribution in [2.24, 2.45) is 0 Å². The van der Waals surface area contributed by atoms with E-state index in [1.165, 1.54) is 0 Å². The van der Waals surface area contributed by atoms with Crippen LogP contribution in [0.4, 0.5) is 13.2 Å². The number of pyridine rings is 1. The Kier molecular flexibility index (Phi) is 4.71. The lowest BCUT2D eigenvalue weighted by Gasteiger charge is -2.14. The Labute approximate surface area is 141 Å². The van der Waals surface area contributed by atoms with E-state index in [9.17, 15) is 18.0 Å². The summed E-state index contributed by atoms with van der Waals surface area (Å²) in [5, 5.41) is 9.21. The summed E-state index contributed by atoms with van der Waals surface area (Å²) >= 11 is 0. The van der Waals surface area contributed by atoms with Crippen LogP contribution in [-0.4, -0.2) is 38.7 Å². The van der Waals surface area contributed by atoms with E-state index in [1.807, 2.05) is 0 Å². The van der Waals surface area contributed by atoms with Gasteiger partial charge in [-0.05, 0) is 31.9 Å². The van der Waals surface area contributed by atoms with Crippen LogP contribution >= 0.6 is 0 Å². The van der Waals surface area contributed by atoms with E-state index in [0.717, 1.165) is 18.3 Å². The number of nitrogens with one attached hydrogen (secondary N) is 2. The van der Waals surface area contributed by atoms with Crippen LogP contribution in [0.15, 0.2) is 18.3 Å². The summed E-state index contributed by atoms with van der Waals surface area (Å²) in [4.78, 5) is 19.8. The van der Waals surface area contributed by atoms with Crippen molar-refractivity contribution in [1.82, 2.24) is 25.5 Å². The number of alkyl halides is 3. The average molecular weight is 355 g/mol. The van der Waals surface area contributed by atoms with Crippen LogP contribution in [0.1, 0.15) is 46.6 Å². The average Bonchev–Trinajstić information content (AvgIpc) is 3.20. The summed E-state index contributed by atoms with van der Waals surface area (Å²) in [7, 11) is 0. The highest BCUT2D eigenvalue weighted by atomic mass is 19.4. The van der Waals surface area contributed by atoms with Crippen molar-refractivity contribution >= 4 is 5.91 Å². The second kappa shape index (κ2) is 6.79. The van der Waals surface area contributed by atoms with Crippen LogP contribution in [0.2, 0.25) is 0 Å². The number of H-pyrrole nitrogens is 1. The highest BCUT2D eigenvalue weighted by molar-refractivity contribution is 5.93. The lowest BCUT2D eigenvalue weighted by Crippen LogP contribution is -2.33. The number of hydrogen-bond acceptors (Lipinski definition) is 5. The third-order valence-electron chi connectivity index (χ3n) is 3.83. The third kappa shape index (κ3) is 3.95. The van der Waals surface area contributed by atoms with Gasteiger partial charge in [0, 0.05) is 12.7 Å². The molecular weight excluding hydrogens is 339 g/mol. The molecule has 1 amide bonds. The molecule has 0 aromatic carbocycles. The van der Waals surface area contributed by atoms with E-state index in [0.29, 0.717) is 24.5 Å². The normalized spacial score (nSPS) is 20.6. The molecule has 2 atom stereocenters. The van der Waals surface area contributed by atoms with E-state index in [4.69, 9.17) is 4.74 Å². The van der Waals surface area contributed by atoms with Crippen molar-refractivity contribution in [3.63, 3.8) is 0 Å². The number of carbonyl (C=O) groups is 1. The van der Waals surface area contributed by atoms with Gasteiger partial charge in [0.1, 0.15) is 17.6 Å². The Balaban J connectivity index is 1.59. The predicted octanol–water partition coefficient (Wildman–Crippen LogP) is 2.18. The molecule has 1 fully saturated rings. The maximum absolute atomic E-state index is 12.9. The Morgan fingerprint density at radius 1 is 1.44 bits per heavy atom. The van der Waals surface area contributed by atoms with Crippen molar-refractivity contribution in [3.05, 3.63) is 41.2 Å². The number of aryl methyl sites for hydroxylation is 1. The molecule has 3 heterocycles. The number of ether oxygens (including phenoxy) is 1. The van der Waals surface area contributed by atoms with Crippen LogP contribution < -0.4 is 5.32 Å². The summed E-state index contributed by atoms with van der Waals surface area (Å²) in [6.45, 7) is 1.86. The molecule has 1 saturated heterocycles. The molecule has 0 saturated carbocycles. The van der Waals surface area contributed by atoms with Gasteiger partial charge in [-0.25, -0.2) is 4.98 Å². The van der Waals surface area contributed by atoms with Crippen LogP contribution in [0.5, 0.6) is 0 Å². The van der Waals surface area contributed by atoms with Crippen molar-refractivity contribution in [2.75, 3.05) is 6.54 Å². The van der Waals surface area contributed by atoms with Gasteiger partial charge in [0.2, 0.25) is 0 Å². The number of carbonyl (C=O) groups excluding carboxylic acids is 1. The summed E-state index contributed by atoms with van der Waals surface area (Å²) in [5.41, 5.74) is -1.71. The number of halogens is 3. The molecule has 7 nitrogen and oxygen atoms in total. The molecule has 0 aliphatic carbocycles. The fraction of sp³-hybridized carbons (Fsp3) is 0.467. The molecule has 10 heteroatoms. The molecule has 0 bridgehead atoms. The van der Waals surface area contributed by atoms with E-state index in [2.05, 4.69) is 25.5 Å². The number of amides is 1. The molecule has 1 aliphatic heterocycles. The Morgan fingerprint density at radius 3 is 2.92 bits per heavy atom. The van der Waals surface area contributed by atoms with E-state index in [1.54, 1.807) is 6.92 Å². The van der Waals surface area contributed by atoms with Gasteiger partial charge in [0.15, 0.2) is 5.82 Å². The summed E-state index contributed by atoms with van der Waals surface area (Å²) < 4.78 is 44.5. The first-order valence-corrected chi connectivity index (χ1v) is 7.69. The van der Waals surface area contributed by atoms with Gasteiger partial charge in [-0.3, -0.25) is 14.9 Å². The topological polar surface area (TPSA) is 92.8 Å². The number of hydrogen-bond donors (Lipinski definition) is 2. The van der Waals surface area contributed by atoms with Gasteiger partial charge in [-0.2, -0.15) is 18.3 Å². The molecule has 3 rings (SSSR count). The molecule has 0 spiro atoms. The molecule has 2 aromatic heterocycles. The zero-order chi connectivity index (χ0) is 18.0. The number of aromatic nitrogens is 4. The highest BCUT2D eigenvalue weighted by Gasteiger charge is 2.36.